The zero-order valence-electron chi connectivity index (χ0n) is 11.8. The average molecular weight is 264 g/mol. The molecule has 1 aliphatic rings. The first kappa shape index (κ1) is 14.0. The summed E-state index contributed by atoms with van der Waals surface area (Å²) in [6.45, 7) is 7.69. The van der Waals surface area contributed by atoms with Crippen LogP contribution in [0, 0.1) is 0 Å². The molecule has 0 aliphatic carbocycles. The Labute approximate surface area is 114 Å². The van der Waals surface area contributed by atoms with Crippen LogP contribution in [-0.2, 0) is 6.42 Å². The number of hydrogen-bond donors (Lipinski definition) is 3. The lowest BCUT2D eigenvalue weighted by Crippen LogP contribution is -2.42. The lowest BCUT2D eigenvalue weighted by Gasteiger charge is -2.33. The molecule has 0 spiro atoms. The fourth-order valence-electron chi connectivity index (χ4n) is 2.65. The minimum absolute atomic E-state index is 0.458. The van der Waals surface area contributed by atoms with Gasteiger partial charge in [-0.1, -0.05) is 13.8 Å². The maximum atomic E-state index is 5.50. The number of nitrogens with one attached hydrogen (secondary N) is 2. The molecule has 6 heteroatoms. The molecule has 0 saturated carbocycles. The second kappa shape index (κ2) is 6.68. The Hall–Kier alpha value is -1.40. The van der Waals surface area contributed by atoms with E-state index in [1.54, 1.807) is 6.33 Å². The molecule has 106 valence electrons. The normalized spacial score (nSPS) is 20.3. The number of aromatic nitrogens is 2. The highest BCUT2D eigenvalue weighted by atomic mass is 15.3. The summed E-state index contributed by atoms with van der Waals surface area (Å²) in [4.78, 5) is 11.0. The molecule has 1 fully saturated rings. The molecule has 0 amide bonds. The standard InChI is InChI=1S/C13H24N6/c1-3-11-12(15-9-16-13(11)18-14)17-10-6-5-7-19(4-2)8-10/h9-10H,3-8,14H2,1-2H3,(H2,15,16,17,18). The molecule has 1 aromatic heterocycles. The van der Waals surface area contributed by atoms with E-state index >= 15 is 0 Å². The van der Waals surface area contributed by atoms with Crippen molar-refractivity contribution in [1.82, 2.24) is 14.9 Å². The minimum atomic E-state index is 0.458. The highest BCUT2D eigenvalue weighted by Gasteiger charge is 2.20. The van der Waals surface area contributed by atoms with Crippen molar-refractivity contribution in [2.24, 2.45) is 5.84 Å². The Balaban J connectivity index is 2.10. The molecule has 4 N–H and O–H groups in total. The Morgan fingerprint density at radius 2 is 2.16 bits per heavy atom. The third-order valence-corrected chi connectivity index (χ3v) is 3.73. The molecule has 1 aromatic rings. The van der Waals surface area contributed by atoms with Crippen LogP contribution in [0.1, 0.15) is 32.3 Å². The van der Waals surface area contributed by atoms with Crippen LogP contribution >= 0.6 is 0 Å². The Bertz CT molecular complexity index is 408. The molecule has 1 unspecified atom stereocenters. The first-order chi connectivity index (χ1) is 9.28. The molecular weight excluding hydrogens is 240 g/mol. The first-order valence-electron chi connectivity index (χ1n) is 7.07. The van der Waals surface area contributed by atoms with Crippen LogP contribution in [0.5, 0.6) is 0 Å². The van der Waals surface area contributed by atoms with Gasteiger partial charge >= 0.3 is 0 Å². The van der Waals surface area contributed by atoms with E-state index in [1.807, 2.05) is 0 Å². The monoisotopic (exact) mass is 264 g/mol. The molecule has 1 aliphatic heterocycles. The fourth-order valence-corrected chi connectivity index (χ4v) is 2.65. The van der Waals surface area contributed by atoms with Crippen molar-refractivity contribution in [3.63, 3.8) is 0 Å². The maximum absolute atomic E-state index is 5.50. The zero-order valence-corrected chi connectivity index (χ0v) is 11.8. The van der Waals surface area contributed by atoms with Crippen molar-refractivity contribution in [2.45, 2.75) is 39.2 Å². The van der Waals surface area contributed by atoms with E-state index in [9.17, 15) is 0 Å². The summed E-state index contributed by atoms with van der Waals surface area (Å²) in [6.07, 6.45) is 4.83. The SMILES string of the molecule is CCc1c(NN)ncnc1NC1CCCN(CC)C1. The van der Waals surface area contributed by atoms with Crippen LogP contribution in [0.2, 0.25) is 0 Å². The number of likely N-dealkylation sites (N-methyl/N-ethyl adjacent to an activating group) is 1. The Kier molecular flexibility index (Phi) is 4.93. The number of nitrogens with two attached hydrogens (primary N) is 1. The topological polar surface area (TPSA) is 79.1 Å². The van der Waals surface area contributed by atoms with Gasteiger partial charge in [-0.15, -0.1) is 0 Å². The van der Waals surface area contributed by atoms with E-state index in [0.717, 1.165) is 30.9 Å². The maximum Gasteiger partial charge on any atom is 0.148 e. The molecule has 2 heterocycles. The third kappa shape index (κ3) is 3.33. The average Bonchev–Trinajstić information content (AvgIpc) is 2.47. The van der Waals surface area contributed by atoms with E-state index in [2.05, 4.69) is 39.5 Å². The van der Waals surface area contributed by atoms with Gasteiger partial charge in [-0.2, -0.15) is 0 Å². The predicted octanol–water partition coefficient (Wildman–Crippen LogP) is 1.22. The van der Waals surface area contributed by atoms with Gasteiger partial charge in [-0.25, -0.2) is 15.8 Å². The van der Waals surface area contributed by atoms with Gasteiger partial charge in [0.05, 0.1) is 0 Å². The number of anilines is 2. The van der Waals surface area contributed by atoms with Crippen molar-refractivity contribution in [3.8, 4) is 0 Å². The summed E-state index contributed by atoms with van der Waals surface area (Å²) >= 11 is 0. The van der Waals surface area contributed by atoms with Crippen LogP contribution in [0.25, 0.3) is 0 Å². The van der Waals surface area contributed by atoms with E-state index in [1.165, 1.54) is 19.4 Å². The van der Waals surface area contributed by atoms with Gasteiger partial charge in [0.1, 0.15) is 18.0 Å². The van der Waals surface area contributed by atoms with Gasteiger partial charge < -0.3 is 15.6 Å². The third-order valence-electron chi connectivity index (χ3n) is 3.73. The summed E-state index contributed by atoms with van der Waals surface area (Å²) < 4.78 is 0. The van der Waals surface area contributed by atoms with Gasteiger partial charge in [0.25, 0.3) is 0 Å². The number of likely N-dealkylation sites (tertiary alicyclic amines) is 1. The van der Waals surface area contributed by atoms with Crippen molar-refractivity contribution in [3.05, 3.63) is 11.9 Å². The molecular formula is C13H24N6. The highest BCUT2D eigenvalue weighted by molar-refractivity contribution is 5.57. The molecule has 19 heavy (non-hydrogen) atoms. The largest absolute Gasteiger partial charge is 0.366 e. The smallest absolute Gasteiger partial charge is 0.148 e. The summed E-state index contributed by atoms with van der Waals surface area (Å²) in [7, 11) is 0. The summed E-state index contributed by atoms with van der Waals surface area (Å²) in [6, 6.07) is 0.458. The van der Waals surface area contributed by atoms with Crippen LogP contribution in [0.15, 0.2) is 6.33 Å². The second-order valence-electron chi connectivity index (χ2n) is 4.92. The molecule has 2 rings (SSSR count). The van der Waals surface area contributed by atoms with Crippen LogP contribution in [0.3, 0.4) is 0 Å². The lowest BCUT2D eigenvalue weighted by molar-refractivity contribution is 0.226. The van der Waals surface area contributed by atoms with Gasteiger partial charge in [0, 0.05) is 18.2 Å². The summed E-state index contributed by atoms with van der Waals surface area (Å²) in [5.74, 6) is 7.12. The minimum Gasteiger partial charge on any atom is -0.366 e. The van der Waals surface area contributed by atoms with Crippen molar-refractivity contribution < 1.29 is 0 Å². The summed E-state index contributed by atoms with van der Waals surface area (Å²) in [5, 5.41) is 3.55. The molecule has 1 atom stereocenters. The predicted molar refractivity (Wildman–Crippen MR) is 78.0 cm³/mol. The van der Waals surface area contributed by atoms with Gasteiger partial charge in [0.2, 0.25) is 0 Å². The number of hydrogen-bond acceptors (Lipinski definition) is 6. The lowest BCUT2D eigenvalue weighted by atomic mass is 10.1. The Morgan fingerprint density at radius 3 is 2.84 bits per heavy atom. The van der Waals surface area contributed by atoms with Crippen LogP contribution < -0.4 is 16.6 Å². The van der Waals surface area contributed by atoms with E-state index in [4.69, 9.17) is 5.84 Å². The molecule has 0 aromatic carbocycles. The second-order valence-corrected chi connectivity index (χ2v) is 4.92. The zero-order chi connectivity index (χ0) is 13.7. The molecule has 0 bridgehead atoms. The number of nitrogens with zero attached hydrogens (tertiary/aromatic N) is 3. The van der Waals surface area contributed by atoms with Gasteiger partial charge in [-0.3, -0.25) is 0 Å². The van der Waals surface area contributed by atoms with Gasteiger partial charge in [-0.05, 0) is 32.4 Å². The van der Waals surface area contributed by atoms with E-state index in [-0.39, 0.29) is 0 Å². The fraction of sp³-hybridized carbons (Fsp3) is 0.692. The van der Waals surface area contributed by atoms with Crippen LogP contribution in [0.4, 0.5) is 11.6 Å². The quantitative estimate of drug-likeness (QED) is 0.548. The number of hydrazine groups is 1. The molecule has 0 radical (unpaired) electrons. The van der Waals surface area contributed by atoms with Gasteiger partial charge in [0.15, 0.2) is 0 Å². The van der Waals surface area contributed by atoms with Crippen molar-refractivity contribution in [2.75, 3.05) is 30.4 Å². The highest BCUT2D eigenvalue weighted by Crippen LogP contribution is 2.22. The van der Waals surface area contributed by atoms with Crippen LogP contribution in [-0.4, -0.2) is 40.5 Å². The van der Waals surface area contributed by atoms with E-state index in [0.29, 0.717) is 11.9 Å². The Morgan fingerprint density at radius 1 is 1.37 bits per heavy atom. The number of piperidine rings is 1. The van der Waals surface area contributed by atoms with E-state index < -0.39 is 0 Å². The molecule has 1 saturated heterocycles. The molecule has 6 nitrogen and oxygen atoms in total. The first-order valence-corrected chi connectivity index (χ1v) is 7.07. The number of nitrogen functional groups attached to an aromatic ring is 1. The van der Waals surface area contributed by atoms with Crippen molar-refractivity contribution >= 4 is 11.6 Å². The number of rotatable bonds is 5. The van der Waals surface area contributed by atoms with Crippen molar-refractivity contribution in [1.29, 1.82) is 0 Å². The summed E-state index contributed by atoms with van der Waals surface area (Å²) in [5.41, 5.74) is 3.70.